The molecule has 27 heavy (non-hydrogen) atoms. The lowest BCUT2D eigenvalue weighted by Gasteiger charge is -2.16. The molecule has 3 nitrogen and oxygen atoms in total. The van der Waals surface area contributed by atoms with Crippen molar-refractivity contribution in [1.82, 2.24) is 0 Å². The molecule has 3 heteroatoms. The Morgan fingerprint density at radius 3 is 2.70 bits per heavy atom. The minimum atomic E-state index is 0.314. The van der Waals surface area contributed by atoms with Crippen LogP contribution < -0.4 is 5.32 Å². The van der Waals surface area contributed by atoms with Crippen LogP contribution in [0.3, 0.4) is 0 Å². The van der Waals surface area contributed by atoms with Gasteiger partial charge in [-0.25, -0.2) is 0 Å². The zero-order chi connectivity index (χ0) is 18.8. The predicted molar refractivity (Wildman–Crippen MR) is 112 cm³/mol. The maximum absolute atomic E-state index is 10.4. The van der Waals surface area contributed by atoms with Gasteiger partial charge in [-0.3, -0.25) is 0 Å². The van der Waals surface area contributed by atoms with Gasteiger partial charge < -0.3 is 15.2 Å². The van der Waals surface area contributed by atoms with Gasteiger partial charge in [0.25, 0.3) is 0 Å². The van der Waals surface area contributed by atoms with Crippen molar-refractivity contribution in [3.63, 3.8) is 0 Å². The summed E-state index contributed by atoms with van der Waals surface area (Å²) in [4.78, 5) is 0. The van der Waals surface area contributed by atoms with Gasteiger partial charge in [-0.15, -0.1) is 0 Å². The van der Waals surface area contributed by atoms with Crippen LogP contribution in [0, 0.1) is 6.92 Å². The van der Waals surface area contributed by atoms with Gasteiger partial charge in [0.2, 0.25) is 0 Å². The summed E-state index contributed by atoms with van der Waals surface area (Å²) >= 11 is 0. The molecule has 1 heterocycles. The Morgan fingerprint density at radius 2 is 1.89 bits per heavy atom. The van der Waals surface area contributed by atoms with Crippen molar-refractivity contribution in [2.24, 2.45) is 0 Å². The van der Waals surface area contributed by atoms with E-state index in [1.165, 1.54) is 5.57 Å². The zero-order valence-electron chi connectivity index (χ0n) is 15.6. The third-order valence-corrected chi connectivity index (χ3v) is 4.99. The van der Waals surface area contributed by atoms with Crippen LogP contribution in [0.15, 0.2) is 72.5 Å². The average Bonchev–Trinajstić information content (AvgIpc) is 2.69. The fourth-order valence-corrected chi connectivity index (χ4v) is 3.36. The van der Waals surface area contributed by atoms with Crippen LogP contribution in [0.5, 0.6) is 5.75 Å². The van der Waals surface area contributed by atoms with Gasteiger partial charge in [0, 0.05) is 23.4 Å². The van der Waals surface area contributed by atoms with E-state index in [0.29, 0.717) is 12.3 Å². The summed E-state index contributed by atoms with van der Waals surface area (Å²) in [5, 5.41) is 16.0. The zero-order valence-corrected chi connectivity index (χ0v) is 15.6. The Hall–Kier alpha value is -3.20. The van der Waals surface area contributed by atoms with E-state index in [4.69, 9.17) is 4.74 Å². The molecule has 0 saturated carbocycles. The second-order valence-electron chi connectivity index (χ2n) is 7.02. The third kappa shape index (κ3) is 3.54. The first-order valence-corrected chi connectivity index (χ1v) is 9.19. The number of benzene rings is 3. The van der Waals surface area contributed by atoms with E-state index in [1.807, 2.05) is 30.5 Å². The molecule has 0 atom stereocenters. The summed E-state index contributed by atoms with van der Waals surface area (Å²) in [6.07, 6.45) is 4.84. The van der Waals surface area contributed by atoms with E-state index in [-0.39, 0.29) is 0 Å². The van der Waals surface area contributed by atoms with Crippen molar-refractivity contribution < 1.29 is 9.84 Å². The molecule has 136 valence electrons. The first-order chi connectivity index (χ1) is 13.1. The monoisotopic (exact) mass is 357 g/mol. The number of rotatable bonds is 4. The lowest BCUT2D eigenvalue weighted by atomic mass is 10.0. The third-order valence-electron chi connectivity index (χ3n) is 4.99. The number of phenolic OH excluding ortho intramolecular Hbond substituents is 1. The first-order valence-electron chi connectivity index (χ1n) is 9.19. The summed E-state index contributed by atoms with van der Waals surface area (Å²) < 4.78 is 5.74. The van der Waals surface area contributed by atoms with Gasteiger partial charge in [-0.05, 0) is 60.4 Å². The van der Waals surface area contributed by atoms with Gasteiger partial charge in [0.05, 0.1) is 6.26 Å². The van der Waals surface area contributed by atoms with Crippen LogP contribution in [0.2, 0.25) is 0 Å². The Morgan fingerprint density at radius 1 is 1.04 bits per heavy atom. The highest BCUT2D eigenvalue weighted by Crippen LogP contribution is 2.30. The molecule has 0 radical (unpaired) electrons. The molecule has 3 aromatic carbocycles. The molecule has 1 aliphatic heterocycles. The number of hydrogen-bond donors (Lipinski definition) is 2. The number of fused-ring (bicyclic) bond motifs is 1. The molecule has 0 amide bonds. The van der Waals surface area contributed by atoms with E-state index < -0.39 is 0 Å². The summed E-state index contributed by atoms with van der Waals surface area (Å²) in [6, 6.07) is 18.1. The van der Waals surface area contributed by atoms with Gasteiger partial charge in [0.1, 0.15) is 11.5 Å². The average molecular weight is 357 g/mol. The lowest BCUT2D eigenvalue weighted by molar-refractivity contribution is 0.421. The number of hydrogen-bond acceptors (Lipinski definition) is 3. The fraction of sp³-hybridized carbons (Fsp3) is 0.167. The second kappa shape index (κ2) is 7.20. The topological polar surface area (TPSA) is 41.5 Å². The number of allylic oxidation sites excluding steroid dienone is 2. The maximum atomic E-state index is 10.4. The summed E-state index contributed by atoms with van der Waals surface area (Å²) in [6.45, 7) is 4.69. The van der Waals surface area contributed by atoms with Crippen LogP contribution in [-0.4, -0.2) is 5.11 Å². The highest BCUT2D eigenvalue weighted by molar-refractivity contribution is 5.88. The predicted octanol–water partition coefficient (Wildman–Crippen LogP) is 6.13. The number of anilines is 1. The molecule has 4 rings (SSSR count). The van der Waals surface area contributed by atoms with E-state index in [2.05, 4.69) is 49.5 Å². The Labute approximate surface area is 159 Å². The SMILES string of the molecule is CC1=COC(c2ccc(C)c(NCc3c(O)ccc4ccccc34)c2)=CC1. The van der Waals surface area contributed by atoms with E-state index in [1.54, 1.807) is 6.07 Å². The van der Waals surface area contributed by atoms with Crippen LogP contribution in [0.4, 0.5) is 5.69 Å². The first kappa shape index (κ1) is 17.2. The molecule has 0 bridgehead atoms. The van der Waals surface area contributed by atoms with Gasteiger partial charge in [-0.2, -0.15) is 0 Å². The minimum absolute atomic E-state index is 0.314. The van der Waals surface area contributed by atoms with Crippen LogP contribution in [0.1, 0.15) is 30.0 Å². The minimum Gasteiger partial charge on any atom is -0.508 e. The fourth-order valence-electron chi connectivity index (χ4n) is 3.36. The summed E-state index contributed by atoms with van der Waals surface area (Å²) in [5.74, 6) is 1.20. The highest BCUT2D eigenvalue weighted by atomic mass is 16.5. The number of phenols is 1. The van der Waals surface area contributed by atoms with Crippen molar-refractivity contribution in [2.45, 2.75) is 26.8 Å². The number of aryl methyl sites for hydroxylation is 1. The molecule has 2 N–H and O–H groups in total. The van der Waals surface area contributed by atoms with E-state index in [0.717, 1.165) is 45.3 Å². The smallest absolute Gasteiger partial charge is 0.130 e. The number of aromatic hydroxyl groups is 1. The number of ether oxygens (including phenoxy) is 1. The van der Waals surface area contributed by atoms with Crippen LogP contribution in [-0.2, 0) is 11.3 Å². The largest absolute Gasteiger partial charge is 0.508 e. The maximum Gasteiger partial charge on any atom is 0.130 e. The van der Waals surface area contributed by atoms with Crippen LogP contribution in [0.25, 0.3) is 16.5 Å². The molecule has 3 aromatic rings. The molecular weight excluding hydrogens is 334 g/mol. The molecule has 0 saturated heterocycles. The van der Waals surface area contributed by atoms with Crippen LogP contribution >= 0.6 is 0 Å². The summed E-state index contributed by atoms with van der Waals surface area (Å²) in [5.41, 5.74) is 5.37. The Bertz CT molecular complexity index is 1060. The second-order valence-corrected chi connectivity index (χ2v) is 7.02. The van der Waals surface area contributed by atoms with Crippen molar-refractivity contribution in [3.8, 4) is 5.75 Å². The Balaban J connectivity index is 1.61. The lowest BCUT2D eigenvalue weighted by Crippen LogP contribution is -2.03. The molecule has 1 aliphatic rings. The molecule has 0 fully saturated rings. The Kier molecular flexibility index (Phi) is 4.59. The molecule has 0 spiro atoms. The van der Waals surface area contributed by atoms with Gasteiger partial charge >= 0.3 is 0 Å². The molecular formula is C24H23NO2. The van der Waals surface area contributed by atoms with Gasteiger partial charge in [-0.1, -0.05) is 42.5 Å². The van der Waals surface area contributed by atoms with Gasteiger partial charge in [0.15, 0.2) is 0 Å². The van der Waals surface area contributed by atoms with Crippen molar-refractivity contribution in [3.05, 3.63) is 89.2 Å². The summed E-state index contributed by atoms with van der Waals surface area (Å²) in [7, 11) is 0. The normalized spacial score (nSPS) is 13.7. The molecule has 0 unspecified atom stereocenters. The molecule has 0 aromatic heterocycles. The quantitative estimate of drug-likeness (QED) is 0.590. The van der Waals surface area contributed by atoms with Crippen molar-refractivity contribution >= 4 is 22.2 Å². The highest BCUT2D eigenvalue weighted by Gasteiger charge is 2.11. The van der Waals surface area contributed by atoms with E-state index >= 15 is 0 Å². The van der Waals surface area contributed by atoms with E-state index in [9.17, 15) is 5.11 Å². The number of nitrogens with one attached hydrogen (secondary N) is 1. The molecule has 0 aliphatic carbocycles. The van der Waals surface area contributed by atoms with Crippen molar-refractivity contribution in [2.75, 3.05) is 5.32 Å². The van der Waals surface area contributed by atoms with Crippen molar-refractivity contribution in [1.29, 1.82) is 0 Å². The standard InChI is InChI=1S/C24H23NO2/c1-16-7-12-24(27-15-16)19-9-8-17(2)22(13-19)25-14-21-20-6-4-3-5-18(20)10-11-23(21)26/h3-6,8-13,15,25-26H,7,14H2,1-2H3.